The van der Waals surface area contributed by atoms with Crippen LogP contribution in [0.4, 0.5) is 5.82 Å². The highest BCUT2D eigenvalue weighted by molar-refractivity contribution is 7.89. The predicted octanol–water partition coefficient (Wildman–Crippen LogP) is 0.534. The first-order valence-electron chi connectivity index (χ1n) is 5.93. The Balaban J connectivity index is 2.34. The fourth-order valence-corrected chi connectivity index (χ4v) is 3.35. The fraction of sp³-hybridized carbons (Fsp3) is 0.545. The van der Waals surface area contributed by atoms with E-state index in [0.717, 1.165) is 0 Å². The smallest absolute Gasteiger partial charge is 0.246 e. The van der Waals surface area contributed by atoms with Gasteiger partial charge in [-0.05, 0) is 19.1 Å². The van der Waals surface area contributed by atoms with Gasteiger partial charge in [0, 0.05) is 25.8 Å². The molecule has 1 aliphatic rings. The molecule has 1 saturated heterocycles. The molecule has 1 N–H and O–H groups in total. The Hall–Kier alpha value is -1.18. The Morgan fingerprint density at radius 3 is 2.83 bits per heavy atom. The molecule has 2 heterocycles. The van der Waals surface area contributed by atoms with Crippen LogP contribution < -0.4 is 5.32 Å². The Kier molecular flexibility index (Phi) is 4.15. The van der Waals surface area contributed by atoms with Crippen molar-refractivity contribution in [1.29, 1.82) is 0 Å². The van der Waals surface area contributed by atoms with Crippen LogP contribution >= 0.6 is 0 Å². The Bertz CT molecular complexity index is 498. The lowest BCUT2D eigenvalue weighted by Crippen LogP contribution is -2.40. The van der Waals surface area contributed by atoms with E-state index in [4.69, 9.17) is 4.74 Å². The number of hydrogen-bond acceptors (Lipinski definition) is 5. The third-order valence-corrected chi connectivity index (χ3v) is 4.63. The summed E-state index contributed by atoms with van der Waals surface area (Å²) < 4.78 is 31.6. The molecule has 7 heteroatoms. The third-order valence-electron chi connectivity index (χ3n) is 2.70. The summed E-state index contributed by atoms with van der Waals surface area (Å²) in [4.78, 5) is 4.31. The van der Waals surface area contributed by atoms with Crippen LogP contribution in [-0.4, -0.2) is 50.6 Å². The normalized spacial score (nSPS) is 17.6. The molecule has 18 heavy (non-hydrogen) atoms. The van der Waals surface area contributed by atoms with Crippen molar-refractivity contribution < 1.29 is 13.2 Å². The van der Waals surface area contributed by atoms with Gasteiger partial charge in [0.15, 0.2) is 0 Å². The molecule has 1 fully saturated rings. The van der Waals surface area contributed by atoms with Crippen LogP contribution in [0, 0.1) is 0 Å². The standard InChI is InChI=1S/C11H17N3O3S/c1-2-12-11-10(4-3-5-13-11)18(15,16)14-6-8-17-9-7-14/h3-5H,2,6-9H2,1H3,(H,12,13). The second-order valence-electron chi connectivity index (χ2n) is 3.90. The lowest BCUT2D eigenvalue weighted by Gasteiger charge is -2.26. The number of anilines is 1. The van der Waals surface area contributed by atoms with Crippen LogP contribution in [0.5, 0.6) is 0 Å². The SMILES string of the molecule is CCNc1ncccc1S(=O)(=O)N1CCOCC1. The van der Waals surface area contributed by atoms with Crippen LogP contribution in [0.25, 0.3) is 0 Å². The van der Waals surface area contributed by atoms with Gasteiger partial charge in [-0.1, -0.05) is 0 Å². The molecule has 6 nitrogen and oxygen atoms in total. The first-order chi connectivity index (χ1) is 8.66. The minimum absolute atomic E-state index is 0.230. The van der Waals surface area contributed by atoms with Gasteiger partial charge in [-0.3, -0.25) is 0 Å². The molecule has 0 bridgehead atoms. The van der Waals surface area contributed by atoms with Gasteiger partial charge in [-0.15, -0.1) is 0 Å². The van der Waals surface area contributed by atoms with Crippen LogP contribution in [0.3, 0.4) is 0 Å². The van der Waals surface area contributed by atoms with Crippen LogP contribution in [0.15, 0.2) is 23.2 Å². The molecule has 0 radical (unpaired) electrons. The average molecular weight is 271 g/mol. The highest BCUT2D eigenvalue weighted by Gasteiger charge is 2.28. The van der Waals surface area contributed by atoms with Gasteiger partial charge in [-0.25, -0.2) is 13.4 Å². The minimum Gasteiger partial charge on any atom is -0.379 e. The van der Waals surface area contributed by atoms with Gasteiger partial charge in [0.2, 0.25) is 10.0 Å². The highest BCUT2D eigenvalue weighted by atomic mass is 32.2. The molecular weight excluding hydrogens is 254 g/mol. The molecule has 0 unspecified atom stereocenters. The Morgan fingerprint density at radius 2 is 2.17 bits per heavy atom. The van der Waals surface area contributed by atoms with Crippen LogP contribution in [-0.2, 0) is 14.8 Å². The predicted molar refractivity (Wildman–Crippen MR) is 68.0 cm³/mol. The zero-order valence-corrected chi connectivity index (χ0v) is 11.1. The van der Waals surface area contributed by atoms with E-state index in [1.54, 1.807) is 18.3 Å². The molecule has 0 saturated carbocycles. The number of hydrogen-bond donors (Lipinski definition) is 1. The summed E-state index contributed by atoms with van der Waals surface area (Å²) >= 11 is 0. The third kappa shape index (κ3) is 2.63. The van der Waals surface area contributed by atoms with Crippen molar-refractivity contribution >= 4 is 15.8 Å². The number of sulfonamides is 1. The number of morpholine rings is 1. The van der Waals surface area contributed by atoms with Crippen molar-refractivity contribution in [3.05, 3.63) is 18.3 Å². The number of pyridine rings is 1. The molecule has 0 aromatic carbocycles. The first kappa shape index (κ1) is 13.3. The highest BCUT2D eigenvalue weighted by Crippen LogP contribution is 2.22. The molecule has 1 aromatic heterocycles. The largest absolute Gasteiger partial charge is 0.379 e. The van der Waals surface area contributed by atoms with Crippen LogP contribution in [0.2, 0.25) is 0 Å². The van der Waals surface area contributed by atoms with Crippen molar-refractivity contribution in [3.8, 4) is 0 Å². The molecule has 0 aliphatic carbocycles. The number of ether oxygens (including phenoxy) is 1. The van der Waals surface area contributed by atoms with Crippen molar-refractivity contribution in [2.45, 2.75) is 11.8 Å². The summed E-state index contributed by atoms with van der Waals surface area (Å²) in [6, 6.07) is 3.21. The van der Waals surface area contributed by atoms with E-state index in [0.29, 0.717) is 38.7 Å². The number of aromatic nitrogens is 1. The summed E-state index contributed by atoms with van der Waals surface area (Å²) in [5.41, 5.74) is 0. The summed E-state index contributed by atoms with van der Waals surface area (Å²) in [6.45, 7) is 4.19. The average Bonchev–Trinajstić information content (AvgIpc) is 2.41. The molecule has 0 atom stereocenters. The summed E-state index contributed by atoms with van der Waals surface area (Å²) in [6.07, 6.45) is 1.58. The summed E-state index contributed by atoms with van der Waals surface area (Å²) in [5, 5.41) is 2.97. The lowest BCUT2D eigenvalue weighted by molar-refractivity contribution is 0.0730. The topological polar surface area (TPSA) is 71.5 Å². The molecule has 1 aromatic rings. The molecular formula is C11H17N3O3S. The van der Waals surface area contributed by atoms with E-state index >= 15 is 0 Å². The summed E-state index contributed by atoms with van der Waals surface area (Å²) in [7, 11) is -3.49. The monoisotopic (exact) mass is 271 g/mol. The number of nitrogens with zero attached hydrogens (tertiary/aromatic N) is 2. The molecule has 0 amide bonds. The van der Waals surface area contributed by atoms with Crippen LogP contribution in [0.1, 0.15) is 6.92 Å². The molecule has 2 rings (SSSR count). The minimum atomic E-state index is -3.49. The maximum Gasteiger partial charge on any atom is 0.246 e. The zero-order chi connectivity index (χ0) is 13.0. The van der Waals surface area contributed by atoms with Gasteiger partial charge < -0.3 is 10.1 Å². The van der Waals surface area contributed by atoms with Gasteiger partial charge in [0.25, 0.3) is 0 Å². The number of nitrogens with one attached hydrogen (secondary N) is 1. The van der Waals surface area contributed by atoms with E-state index in [1.165, 1.54) is 4.31 Å². The zero-order valence-electron chi connectivity index (χ0n) is 10.3. The van der Waals surface area contributed by atoms with E-state index < -0.39 is 10.0 Å². The van der Waals surface area contributed by atoms with Crippen molar-refractivity contribution in [2.24, 2.45) is 0 Å². The van der Waals surface area contributed by atoms with Crippen molar-refractivity contribution in [2.75, 3.05) is 38.2 Å². The fourth-order valence-electron chi connectivity index (χ4n) is 1.82. The second kappa shape index (κ2) is 5.64. The van der Waals surface area contributed by atoms with Gasteiger partial charge in [0.05, 0.1) is 13.2 Å². The molecule has 0 spiro atoms. The number of rotatable bonds is 4. The summed E-state index contributed by atoms with van der Waals surface area (Å²) in [5.74, 6) is 0.409. The van der Waals surface area contributed by atoms with Gasteiger partial charge in [-0.2, -0.15) is 4.31 Å². The van der Waals surface area contributed by atoms with E-state index in [-0.39, 0.29) is 4.90 Å². The Labute approximate surface area is 107 Å². The molecule has 100 valence electrons. The quantitative estimate of drug-likeness (QED) is 0.865. The van der Waals surface area contributed by atoms with E-state index in [1.807, 2.05) is 6.92 Å². The van der Waals surface area contributed by atoms with Gasteiger partial charge >= 0.3 is 0 Å². The molecule has 1 aliphatic heterocycles. The maximum absolute atomic E-state index is 12.5. The van der Waals surface area contributed by atoms with E-state index in [2.05, 4.69) is 10.3 Å². The van der Waals surface area contributed by atoms with Gasteiger partial charge in [0.1, 0.15) is 10.7 Å². The maximum atomic E-state index is 12.5. The van der Waals surface area contributed by atoms with E-state index in [9.17, 15) is 8.42 Å². The van der Waals surface area contributed by atoms with Crippen molar-refractivity contribution in [3.63, 3.8) is 0 Å². The second-order valence-corrected chi connectivity index (χ2v) is 5.80. The Morgan fingerprint density at radius 1 is 1.44 bits per heavy atom. The van der Waals surface area contributed by atoms with Crippen molar-refractivity contribution in [1.82, 2.24) is 9.29 Å². The lowest BCUT2D eigenvalue weighted by atomic mass is 10.4. The first-order valence-corrected chi connectivity index (χ1v) is 7.37.